The van der Waals surface area contributed by atoms with Gasteiger partial charge >= 0.3 is 0 Å². The number of halogens is 1. The third kappa shape index (κ3) is 5.31. The molecule has 0 aromatic heterocycles. The molecule has 0 unspecified atom stereocenters. The number of hydrogen-bond donors (Lipinski definition) is 2. The molecule has 0 spiro atoms. The van der Waals surface area contributed by atoms with Gasteiger partial charge in [0.05, 0.1) is 0 Å². The summed E-state index contributed by atoms with van der Waals surface area (Å²) in [4.78, 5) is 22.0. The highest BCUT2D eigenvalue weighted by atomic mass is 79.9. The molecule has 1 aromatic carbocycles. The monoisotopic (exact) mass is 312 g/mol. The molecule has 1 aromatic rings. The second-order valence-electron chi connectivity index (χ2n) is 4.15. The van der Waals surface area contributed by atoms with Crippen LogP contribution in [0, 0.1) is 6.92 Å². The first kappa shape index (κ1) is 14.7. The molecule has 4 nitrogen and oxygen atoms in total. The van der Waals surface area contributed by atoms with Gasteiger partial charge in [-0.2, -0.15) is 0 Å². The second kappa shape index (κ2) is 7.16. The van der Waals surface area contributed by atoms with Crippen LogP contribution in [0.2, 0.25) is 0 Å². The van der Waals surface area contributed by atoms with Crippen molar-refractivity contribution >= 4 is 27.7 Å². The van der Waals surface area contributed by atoms with Crippen LogP contribution in [-0.2, 0) is 16.0 Å². The molecule has 0 aliphatic heterocycles. The molecule has 0 saturated heterocycles. The second-order valence-corrected chi connectivity index (χ2v) is 5.00. The average Bonchev–Trinajstić information content (AvgIpc) is 2.30. The van der Waals surface area contributed by atoms with E-state index in [0.717, 1.165) is 15.6 Å². The van der Waals surface area contributed by atoms with Crippen LogP contribution in [0.4, 0.5) is 0 Å². The predicted octanol–water partition coefficient (Wildman–Crippen LogP) is 1.68. The summed E-state index contributed by atoms with van der Waals surface area (Å²) >= 11 is 3.43. The Hall–Kier alpha value is -1.36. The minimum Gasteiger partial charge on any atom is -0.370 e. The Kier molecular flexibility index (Phi) is 5.85. The van der Waals surface area contributed by atoms with Gasteiger partial charge in [0, 0.05) is 23.9 Å². The van der Waals surface area contributed by atoms with E-state index in [4.69, 9.17) is 5.73 Å². The van der Waals surface area contributed by atoms with E-state index >= 15 is 0 Å². The van der Waals surface area contributed by atoms with Gasteiger partial charge in [0.25, 0.3) is 0 Å². The zero-order chi connectivity index (χ0) is 13.5. The van der Waals surface area contributed by atoms with Crippen LogP contribution >= 0.6 is 15.9 Å². The van der Waals surface area contributed by atoms with E-state index in [0.29, 0.717) is 19.4 Å². The topological polar surface area (TPSA) is 72.2 Å². The van der Waals surface area contributed by atoms with Gasteiger partial charge < -0.3 is 11.1 Å². The lowest BCUT2D eigenvalue weighted by atomic mass is 10.1. The highest BCUT2D eigenvalue weighted by Crippen LogP contribution is 2.17. The van der Waals surface area contributed by atoms with Gasteiger partial charge in [-0.15, -0.1) is 0 Å². The van der Waals surface area contributed by atoms with Crippen molar-refractivity contribution in [2.75, 3.05) is 6.54 Å². The molecular weight excluding hydrogens is 296 g/mol. The van der Waals surface area contributed by atoms with Crippen molar-refractivity contribution in [3.05, 3.63) is 33.8 Å². The van der Waals surface area contributed by atoms with E-state index in [1.165, 1.54) is 0 Å². The van der Waals surface area contributed by atoms with E-state index in [9.17, 15) is 9.59 Å². The Balaban J connectivity index is 2.33. The molecule has 18 heavy (non-hydrogen) atoms. The lowest BCUT2D eigenvalue weighted by Crippen LogP contribution is -2.27. The van der Waals surface area contributed by atoms with Crippen LogP contribution in [0.1, 0.15) is 24.0 Å². The molecule has 0 fully saturated rings. The molecule has 2 amide bonds. The molecule has 0 saturated carbocycles. The van der Waals surface area contributed by atoms with E-state index in [-0.39, 0.29) is 12.3 Å². The number of hydrogen-bond acceptors (Lipinski definition) is 2. The van der Waals surface area contributed by atoms with Crippen molar-refractivity contribution in [1.82, 2.24) is 5.32 Å². The summed E-state index contributed by atoms with van der Waals surface area (Å²) < 4.78 is 1.07. The van der Waals surface area contributed by atoms with Crippen molar-refractivity contribution in [3.63, 3.8) is 0 Å². The number of carbonyl (C=O) groups is 2. The van der Waals surface area contributed by atoms with Crippen molar-refractivity contribution in [2.45, 2.75) is 26.2 Å². The molecule has 5 heteroatoms. The molecule has 0 bridgehead atoms. The summed E-state index contributed by atoms with van der Waals surface area (Å²) in [6.07, 6.45) is 1.29. The van der Waals surface area contributed by atoms with Gasteiger partial charge in [-0.25, -0.2) is 0 Å². The van der Waals surface area contributed by atoms with Crippen LogP contribution in [0.15, 0.2) is 22.7 Å². The van der Waals surface area contributed by atoms with Crippen molar-refractivity contribution in [2.24, 2.45) is 5.73 Å². The summed E-state index contributed by atoms with van der Waals surface area (Å²) in [5.41, 5.74) is 7.26. The Morgan fingerprint density at radius 2 is 2.06 bits per heavy atom. The molecule has 0 heterocycles. The first-order valence-electron chi connectivity index (χ1n) is 5.79. The predicted molar refractivity (Wildman–Crippen MR) is 74.0 cm³/mol. The number of amides is 2. The molecular formula is C13H17BrN2O2. The molecule has 0 aliphatic carbocycles. The Bertz CT molecular complexity index is 447. The third-order valence-corrected chi connectivity index (χ3v) is 3.45. The lowest BCUT2D eigenvalue weighted by molar-refractivity contribution is -0.121. The van der Waals surface area contributed by atoms with Crippen molar-refractivity contribution in [3.8, 4) is 0 Å². The van der Waals surface area contributed by atoms with Crippen LogP contribution in [0.5, 0.6) is 0 Å². The fourth-order valence-corrected chi connectivity index (χ4v) is 1.78. The van der Waals surface area contributed by atoms with E-state index < -0.39 is 5.91 Å². The largest absolute Gasteiger partial charge is 0.370 e. The number of rotatable bonds is 6. The maximum Gasteiger partial charge on any atom is 0.220 e. The highest BCUT2D eigenvalue weighted by molar-refractivity contribution is 9.10. The van der Waals surface area contributed by atoms with Crippen LogP contribution in [0.3, 0.4) is 0 Å². The lowest BCUT2D eigenvalue weighted by Gasteiger charge is -2.05. The zero-order valence-electron chi connectivity index (χ0n) is 10.3. The normalized spacial score (nSPS) is 10.1. The quantitative estimate of drug-likeness (QED) is 0.839. The van der Waals surface area contributed by atoms with Crippen LogP contribution in [-0.4, -0.2) is 18.4 Å². The number of primary amides is 1. The number of nitrogens with one attached hydrogen (secondary N) is 1. The first-order valence-corrected chi connectivity index (χ1v) is 6.58. The van der Waals surface area contributed by atoms with Crippen molar-refractivity contribution < 1.29 is 9.59 Å². The fourth-order valence-electron chi connectivity index (χ4n) is 1.53. The van der Waals surface area contributed by atoms with Gasteiger partial charge in [0.15, 0.2) is 0 Å². The van der Waals surface area contributed by atoms with E-state index in [1.54, 1.807) is 0 Å². The van der Waals surface area contributed by atoms with E-state index in [1.807, 2.05) is 19.1 Å². The summed E-state index contributed by atoms with van der Waals surface area (Å²) in [7, 11) is 0. The standard InChI is InChI=1S/C13H17BrN2O2/c1-9-8-10(2-4-11(9)14)3-5-13(18)16-7-6-12(15)17/h2,4,8H,3,5-7H2,1H3,(H2,15,17)(H,16,18). The van der Waals surface area contributed by atoms with Gasteiger partial charge in [0.1, 0.15) is 0 Å². The summed E-state index contributed by atoms with van der Waals surface area (Å²) in [6.45, 7) is 2.33. The summed E-state index contributed by atoms with van der Waals surface area (Å²) in [6, 6.07) is 6.03. The van der Waals surface area contributed by atoms with Gasteiger partial charge in [-0.1, -0.05) is 28.1 Å². The van der Waals surface area contributed by atoms with Crippen molar-refractivity contribution in [1.29, 1.82) is 0 Å². The Morgan fingerprint density at radius 1 is 1.33 bits per heavy atom. The average molecular weight is 313 g/mol. The Morgan fingerprint density at radius 3 is 2.67 bits per heavy atom. The first-order chi connectivity index (χ1) is 8.49. The maximum atomic E-state index is 11.5. The highest BCUT2D eigenvalue weighted by Gasteiger charge is 2.04. The smallest absolute Gasteiger partial charge is 0.220 e. The molecule has 1 rings (SSSR count). The maximum absolute atomic E-state index is 11.5. The van der Waals surface area contributed by atoms with Crippen LogP contribution in [0.25, 0.3) is 0 Å². The van der Waals surface area contributed by atoms with Gasteiger partial charge in [-0.05, 0) is 30.5 Å². The summed E-state index contributed by atoms with van der Waals surface area (Å²) in [5.74, 6) is -0.462. The van der Waals surface area contributed by atoms with E-state index in [2.05, 4.69) is 27.3 Å². The molecule has 0 radical (unpaired) electrons. The SMILES string of the molecule is Cc1cc(CCC(=O)NCCC(N)=O)ccc1Br. The molecule has 0 atom stereocenters. The number of benzene rings is 1. The number of nitrogens with two attached hydrogens (primary N) is 1. The van der Waals surface area contributed by atoms with Crippen LogP contribution < -0.4 is 11.1 Å². The minimum atomic E-state index is -0.404. The molecule has 98 valence electrons. The Labute approximate surface area is 115 Å². The fraction of sp³-hybridized carbons (Fsp3) is 0.385. The molecule has 3 N–H and O–H groups in total. The number of carbonyl (C=O) groups excluding carboxylic acids is 2. The molecule has 0 aliphatic rings. The third-order valence-electron chi connectivity index (χ3n) is 2.56. The number of aryl methyl sites for hydroxylation is 2. The van der Waals surface area contributed by atoms with Gasteiger partial charge in [0.2, 0.25) is 11.8 Å². The minimum absolute atomic E-state index is 0.0585. The van der Waals surface area contributed by atoms with Gasteiger partial charge in [-0.3, -0.25) is 9.59 Å². The zero-order valence-corrected chi connectivity index (χ0v) is 11.9. The summed E-state index contributed by atoms with van der Waals surface area (Å²) in [5, 5.41) is 2.66.